The fourth-order valence-electron chi connectivity index (χ4n) is 2.70. The Morgan fingerprint density at radius 2 is 2.17 bits per heavy atom. The van der Waals surface area contributed by atoms with E-state index in [0.717, 1.165) is 5.69 Å². The molecule has 0 bridgehead atoms. The number of piperazine rings is 1. The van der Waals surface area contributed by atoms with Crippen molar-refractivity contribution in [2.45, 2.75) is 25.8 Å². The lowest BCUT2D eigenvalue weighted by atomic mass is 10.1. The molecule has 1 fully saturated rings. The Morgan fingerprint density at radius 3 is 2.83 bits per heavy atom. The molecule has 1 heterocycles. The number of carbonyl (C=O) groups is 2. The van der Waals surface area contributed by atoms with Gasteiger partial charge in [-0.15, -0.1) is 0 Å². The van der Waals surface area contributed by atoms with Gasteiger partial charge in [-0.2, -0.15) is 0 Å². The van der Waals surface area contributed by atoms with Crippen LogP contribution in [0.15, 0.2) is 24.3 Å². The largest absolute Gasteiger partial charge is 0.481 e. The summed E-state index contributed by atoms with van der Waals surface area (Å²) in [5.41, 5.74) is 0.818. The van der Waals surface area contributed by atoms with Crippen LogP contribution in [-0.4, -0.2) is 54.2 Å². The van der Waals surface area contributed by atoms with Crippen LogP contribution in [0.2, 0.25) is 0 Å². The predicted molar refractivity (Wildman–Crippen MR) is 85.0 cm³/mol. The van der Waals surface area contributed by atoms with Crippen LogP contribution < -0.4 is 10.2 Å². The minimum atomic E-state index is -0.865. The van der Waals surface area contributed by atoms with Crippen molar-refractivity contribution in [3.05, 3.63) is 30.1 Å². The van der Waals surface area contributed by atoms with Gasteiger partial charge in [0, 0.05) is 44.3 Å². The number of rotatable bonds is 5. The van der Waals surface area contributed by atoms with Crippen LogP contribution in [-0.2, 0) is 4.79 Å². The molecule has 0 saturated carbocycles. The van der Waals surface area contributed by atoms with Crippen molar-refractivity contribution < 1.29 is 19.1 Å². The number of nitrogens with zero attached hydrogens (tertiary/aromatic N) is 2. The number of urea groups is 1. The lowest BCUT2D eigenvalue weighted by Crippen LogP contribution is -2.56. The molecule has 0 aromatic heterocycles. The van der Waals surface area contributed by atoms with Gasteiger partial charge in [-0.05, 0) is 31.5 Å². The number of hydrogen-bond acceptors (Lipinski definition) is 3. The maximum atomic E-state index is 13.3. The summed E-state index contributed by atoms with van der Waals surface area (Å²) in [6, 6.07) is 6.25. The fraction of sp³-hybridized carbons (Fsp3) is 0.500. The van der Waals surface area contributed by atoms with E-state index in [1.54, 1.807) is 11.0 Å². The standard InChI is InChI=1S/C16H22FN3O3/c1-12-11-19(14-5-2-4-13(17)10-14)8-9-20(12)16(23)18-7-3-6-15(21)22/h2,4-5,10,12H,3,6-9,11H2,1H3,(H,18,23)(H,21,22). The average Bonchev–Trinajstić information content (AvgIpc) is 2.51. The molecule has 1 aliphatic heterocycles. The highest BCUT2D eigenvalue weighted by Gasteiger charge is 2.27. The zero-order valence-corrected chi connectivity index (χ0v) is 13.2. The number of halogens is 1. The normalized spacial score (nSPS) is 17.9. The zero-order chi connectivity index (χ0) is 16.8. The maximum absolute atomic E-state index is 13.3. The first-order chi connectivity index (χ1) is 11.0. The average molecular weight is 323 g/mol. The lowest BCUT2D eigenvalue weighted by molar-refractivity contribution is -0.137. The monoisotopic (exact) mass is 323 g/mol. The fourth-order valence-corrected chi connectivity index (χ4v) is 2.70. The molecule has 1 aromatic rings. The van der Waals surface area contributed by atoms with Crippen LogP contribution in [0.1, 0.15) is 19.8 Å². The molecule has 2 N–H and O–H groups in total. The highest BCUT2D eigenvalue weighted by atomic mass is 19.1. The maximum Gasteiger partial charge on any atom is 0.317 e. The molecule has 0 aliphatic carbocycles. The van der Waals surface area contributed by atoms with E-state index >= 15 is 0 Å². The van der Waals surface area contributed by atoms with Gasteiger partial charge in [-0.3, -0.25) is 4.79 Å². The summed E-state index contributed by atoms with van der Waals surface area (Å²) in [4.78, 5) is 26.4. The van der Waals surface area contributed by atoms with Crippen molar-refractivity contribution in [3.8, 4) is 0 Å². The number of carbonyl (C=O) groups excluding carboxylic acids is 1. The first-order valence-corrected chi connectivity index (χ1v) is 7.74. The molecule has 7 heteroatoms. The highest BCUT2D eigenvalue weighted by molar-refractivity contribution is 5.75. The van der Waals surface area contributed by atoms with Crippen LogP contribution in [0, 0.1) is 5.82 Å². The van der Waals surface area contributed by atoms with Gasteiger partial charge in [0.1, 0.15) is 5.82 Å². The minimum absolute atomic E-state index is 0.00788. The molecular weight excluding hydrogens is 301 g/mol. The molecule has 0 radical (unpaired) electrons. The van der Waals surface area contributed by atoms with Crippen LogP contribution in [0.25, 0.3) is 0 Å². The molecule has 23 heavy (non-hydrogen) atoms. The molecule has 126 valence electrons. The van der Waals surface area contributed by atoms with Crippen LogP contribution in [0.4, 0.5) is 14.9 Å². The summed E-state index contributed by atoms with van der Waals surface area (Å²) >= 11 is 0. The number of hydrogen-bond donors (Lipinski definition) is 2. The smallest absolute Gasteiger partial charge is 0.317 e. The second-order valence-corrected chi connectivity index (χ2v) is 5.70. The van der Waals surface area contributed by atoms with Crippen LogP contribution in [0.5, 0.6) is 0 Å². The van der Waals surface area contributed by atoms with Gasteiger partial charge in [0.05, 0.1) is 0 Å². The molecule has 1 aliphatic rings. The summed E-state index contributed by atoms with van der Waals surface area (Å²) in [5.74, 6) is -1.13. The van der Waals surface area contributed by atoms with Gasteiger partial charge in [0.15, 0.2) is 0 Å². The number of anilines is 1. The minimum Gasteiger partial charge on any atom is -0.481 e. The summed E-state index contributed by atoms with van der Waals surface area (Å²) in [5, 5.41) is 11.3. The van der Waals surface area contributed by atoms with Gasteiger partial charge in [0.2, 0.25) is 0 Å². The Kier molecular flexibility index (Phi) is 5.78. The third-order valence-corrected chi connectivity index (χ3v) is 3.91. The second kappa shape index (κ2) is 7.80. The van der Waals surface area contributed by atoms with Gasteiger partial charge >= 0.3 is 12.0 Å². The van der Waals surface area contributed by atoms with E-state index in [0.29, 0.717) is 32.6 Å². The highest BCUT2D eigenvalue weighted by Crippen LogP contribution is 2.20. The van der Waals surface area contributed by atoms with Crippen molar-refractivity contribution in [1.29, 1.82) is 0 Å². The van der Waals surface area contributed by atoms with E-state index in [2.05, 4.69) is 10.2 Å². The van der Waals surface area contributed by atoms with Gasteiger partial charge in [0.25, 0.3) is 0 Å². The molecule has 1 unspecified atom stereocenters. The zero-order valence-electron chi connectivity index (χ0n) is 13.2. The van der Waals surface area contributed by atoms with Crippen molar-refractivity contribution in [1.82, 2.24) is 10.2 Å². The first kappa shape index (κ1) is 17.1. The molecule has 2 rings (SSSR count). The second-order valence-electron chi connectivity index (χ2n) is 5.70. The Morgan fingerprint density at radius 1 is 1.39 bits per heavy atom. The van der Waals surface area contributed by atoms with Gasteiger partial charge in [-0.25, -0.2) is 9.18 Å². The van der Waals surface area contributed by atoms with Crippen molar-refractivity contribution in [3.63, 3.8) is 0 Å². The third-order valence-electron chi connectivity index (χ3n) is 3.91. The van der Waals surface area contributed by atoms with Gasteiger partial charge in [-0.1, -0.05) is 6.07 Å². The summed E-state index contributed by atoms with van der Waals surface area (Å²) in [6.07, 6.45) is 0.460. The van der Waals surface area contributed by atoms with Crippen molar-refractivity contribution in [2.75, 3.05) is 31.1 Å². The number of amides is 2. The summed E-state index contributed by atoms with van der Waals surface area (Å²) in [7, 11) is 0. The van der Waals surface area contributed by atoms with Crippen LogP contribution in [0.3, 0.4) is 0 Å². The number of nitrogens with one attached hydrogen (secondary N) is 1. The molecule has 6 nitrogen and oxygen atoms in total. The molecule has 1 aromatic carbocycles. The molecule has 1 saturated heterocycles. The van der Waals surface area contributed by atoms with Crippen molar-refractivity contribution >= 4 is 17.7 Å². The SMILES string of the molecule is CC1CN(c2cccc(F)c2)CCN1C(=O)NCCCC(=O)O. The van der Waals surface area contributed by atoms with E-state index in [9.17, 15) is 14.0 Å². The number of aliphatic carboxylic acids is 1. The van der Waals surface area contributed by atoms with E-state index in [1.807, 2.05) is 13.0 Å². The number of benzene rings is 1. The van der Waals surface area contributed by atoms with Gasteiger partial charge < -0.3 is 20.2 Å². The van der Waals surface area contributed by atoms with Crippen LogP contribution >= 0.6 is 0 Å². The predicted octanol–water partition coefficient (Wildman–Crippen LogP) is 1.91. The van der Waals surface area contributed by atoms with Crippen molar-refractivity contribution in [2.24, 2.45) is 0 Å². The van der Waals surface area contributed by atoms with E-state index in [1.165, 1.54) is 12.1 Å². The molecular formula is C16H22FN3O3. The molecule has 0 spiro atoms. The lowest BCUT2D eigenvalue weighted by Gasteiger charge is -2.40. The Hall–Kier alpha value is -2.31. The number of carboxylic acid groups (broad SMARTS) is 1. The summed E-state index contributed by atoms with van der Waals surface area (Å²) < 4.78 is 13.3. The van der Waals surface area contributed by atoms with E-state index in [-0.39, 0.29) is 24.3 Å². The quantitative estimate of drug-likeness (QED) is 0.812. The Labute approximate surface area is 134 Å². The Bertz CT molecular complexity index is 567. The third kappa shape index (κ3) is 4.84. The number of carboxylic acids is 1. The first-order valence-electron chi connectivity index (χ1n) is 7.74. The summed E-state index contributed by atoms with van der Waals surface area (Å²) in [6.45, 7) is 4.11. The molecule has 2 amide bonds. The molecule has 1 atom stereocenters. The Balaban J connectivity index is 1.83. The topological polar surface area (TPSA) is 72.9 Å². The van der Waals surface area contributed by atoms with E-state index < -0.39 is 5.97 Å². The van der Waals surface area contributed by atoms with E-state index in [4.69, 9.17) is 5.11 Å².